The minimum absolute atomic E-state index is 0.977. The van der Waals surface area contributed by atoms with Gasteiger partial charge < -0.3 is 9.80 Å². The maximum Gasteiger partial charge on any atom is 0.134 e. The Balaban J connectivity index is 2.93. The molecular formula is C12H22N4. The van der Waals surface area contributed by atoms with E-state index in [4.69, 9.17) is 0 Å². The molecule has 1 aromatic rings. The molecule has 16 heavy (non-hydrogen) atoms. The quantitative estimate of drug-likeness (QED) is 0.738. The van der Waals surface area contributed by atoms with E-state index < -0.39 is 0 Å². The number of anilines is 2. The van der Waals surface area contributed by atoms with Crippen molar-refractivity contribution in [2.75, 3.05) is 36.0 Å². The number of hydrogen-bond donors (Lipinski definition) is 0. The van der Waals surface area contributed by atoms with E-state index >= 15 is 0 Å². The average Bonchev–Trinajstić information content (AvgIpc) is 2.33. The van der Waals surface area contributed by atoms with E-state index in [1.165, 1.54) is 0 Å². The van der Waals surface area contributed by atoms with Gasteiger partial charge in [-0.25, -0.2) is 9.97 Å². The minimum Gasteiger partial charge on any atom is -0.357 e. The van der Waals surface area contributed by atoms with Crippen LogP contribution in [0.15, 0.2) is 12.4 Å². The highest BCUT2D eigenvalue weighted by atomic mass is 15.2. The molecule has 4 nitrogen and oxygen atoms in total. The summed E-state index contributed by atoms with van der Waals surface area (Å²) in [6.45, 7) is 12.5. The molecule has 0 amide bonds. The van der Waals surface area contributed by atoms with Gasteiger partial charge in [-0.05, 0) is 27.7 Å². The molecule has 0 spiro atoms. The third kappa shape index (κ3) is 2.84. The zero-order valence-corrected chi connectivity index (χ0v) is 10.8. The Bertz CT molecular complexity index is 278. The molecule has 0 bridgehead atoms. The van der Waals surface area contributed by atoms with Gasteiger partial charge in [0.15, 0.2) is 0 Å². The summed E-state index contributed by atoms with van der Waals surface area (Å²) < 4.78 is 0. The monoisotopic (exact) mass is 222 g/mol. The van der Waals surface area contributed by atoms with E-state index in [1.807, 2.05) is 0 Å². The third-order valence-corrected chi connectivity index (χ3v) is 2.81. The molecule has 1 heterocycles. The van der Waals surface area contributed by atoms with Crippen LogP contribution in [-0.2, 0) is 0 Å². The molecular weight excluding hydrogens is 200 g/mol. The molecule has 0 aliphatic heterocycles. The van der Waals surface area contributed by atoms with E-state index in [0.29, 0.717) is 0 Å². The van der Waals surface area contributed by atoms with Crippen molar-refractivity contribution in [3.8, 4) is 0 Å². The SMILES string of the molecule is CCN(CC)c1cc(N(CC)CC)ncn1. The Morgan fingerprint density at radius 3 is 1.50 bits per heavy atom. The Morgan fingerprint density at radius 2 is 1.19 bits per heavy atom. The van der Waals surface area contributed by atoms with Gasteiger partial charge in [-0.2, -0.15) is 0 Å². The second kappa shape index (κ2) is 6.30. The summed E-state index contributed by atoms with van der Waals surface area (Å²) >= 11 is 0. The molecule has 0 aromatic carbocycles. The first kappa shape index (κ1) is 12.7. The van der Waals surface area contributed by atoms with Gasteiger partial charge in [0.2, 0.25) is 0 Å². The van der Waals surface area contributed by atoms with Crippen LogP contribution >= 0.6 is 0 Å². The van der Waals surface area contributed by atoms with Crippen molar-refractivity contribution in [2.24, 2.45) is 0 Å². The van der Waals surface area contributed by atoms with Gasteiger partial charge in [-0.3, -0.25) is 0 Å². The zero-order chi connectivity index (χ0) is 12.0. The van der Waals surface area contributed by atoms with Crippen molar-refractivity contribution < 1.29 is 0 Å². The Labute approximate surface area is 98.3 Å². The molecule has 0 fully saturated rings. The highest BCUT2D eigenvalue weighted by Gasteiger charge is 2.08. The first-order valence-electron chi connectivity index (χ1n) is 6.08. The summed E-state index contributed by atoms with van der Waals surface area (Å²) in [5.41, 5.74) is 0. The molecule has 0 N–H and O–H groups in total. The van der Waals surface area contributed by atoms with Crippen molar-refractivity contribution in [3.63, 3.8) is 0 Å². The number of hydrogen-bond acceptors (Lipinski definition) is 4. The van der Waals surface area contributed by atoms with Crippen molar-refractivity contribution in [2.45, 2.75) is 27.7 Å². The van der Waals surface area contributed by atoms with Crippen LogP contribution in [0.1, 0.15) is 27.7 Å². The van der Waals surface area contributed by atoms with Gasteiger partial charge in [-0.1, -0.05) is 0 Å². The van der Waals surface area contributed by atoms with Crippen LogP contribution < -0.4 is 9.80 Å². The molecule has 0 saturated heterocycles. The highest BCUT2D eigenvalue weighted by Crippen LogP contribution is 2.16. The Morgan fingerprint density at radius 1 is 0.812 bits per heavy atom. The van der Waals surface area contributed by atoms with E-state index in [9.17, 15) is 0 Å². The summed E-state index contributed by atoms with van der Waals surface area (Å²) in [6.07, 6.45) is 1.65. The molecule has 0 atom stereocenters. The van der Waals surface area contributed by atoms with Gasteiger partial charge in [0.25, 0.3) is 0 Å². The predicted octanol–water partition coefficient (Wildman–Crippen LogP) is 2.17. The fourth-order valence-electron chi connectivity index (χ4n) is 1.78. The smallest absolute Gasteiger partial charge is 0.134 e. The van der Waals surface area contributed by atoms with Crippen LogP contribution in [0.25, 0.3) is 0 Å². The Hall–Kier alpha value is -1.32. The minimum atomic E-state index is 0.977. The van der Waals surface area contributed by atoms with Gasteiger partial charge in [0.05, 0.1) is 0 Å². The van der Waals surface area contributed by atoms with Crippen molar-refractivity contribution in [1.29, 1.82) is 0 Å². The van der Waals surface area contributed by atoms with Crippen LogP contribution in [0.5, 0.6) is 0 Å². The lowest BCUT2D eigenvalue weighted by molar-refractivity contribution is 0.818. The average molecular weight is 222 g/mol. The van der Waals surface area contributed by atoms with E-state index in [2.05, 4.69) is 53.5 Å². The zero-order valence-electron chi connectivity index (χ0n) is 10.8. The fraction of sp³-hybridized carbons (Fsp3) is 0.667. The molecule has 4 heteroatoms. The first-order valence-corrected chi connectivity index (χ1v) is 6.08. The van der Waals surface area contributed by atoms with E-state index in [0.717, 1.165) is 37.8 Å². The van der Waals surface area contributed by atoms with E-state index in [1.54, 1.807) is 6.33 Å². The maximum absolute atomic E-state index is 4.32. The topological polar surface area (TPSA) is 32.3 Å². The lowest BCUT2D eigenvalue weighted by atomic mass is 10.4. The first-order chi connectivity index (χ1) is 7.76. The van der Waals surface area contributed by atoms with Crippen LogP contribution in [0.4, 0.5) is 11.6 Å². The van der Waals surface area contributed by atoms with Gasteiger partial charge in [0.1, 0.15) is 18.0 Å². The summed E-state index contributed by atoms with van der Waals surface area (Å²) in [4.78, 5) is 13.1. The lowest BCUT2D eigenvalue weighted by Gasteiger charge is -2.23. The van der Waals surface area contributed by atoms with Crippen molar-refractivity contribution in [3.05, 3.63) is 12.4 Å². The highest BCUT2D eigenvalue weighted by molar-refractivity contribution is 5.49. The number of aromatic nitrogens is 2. The molecule has 0 radical (unpaired) electrons. The summed E-state index contributed by atoms with van der Waals surface area (Å²) in [7, 11) is 0. The second-order valence-corrected chi connectivity index (χ2v) is 3.58. The predicted molar refractivity (Wildman–Crippen MR) is 69.2 cm³/mol. The molecule has 0 unspecified atom stereocenters. The van der Waals surface area contributed by atoms with Gasteiger partial charge in [-0.15, -0.1) is 0 Å². The summed E-state index contributed by atoms with van der Waals surface area (Å²) in [5, 5.41) is 0. The van der Waals surface area contributed by atoms with Crippen LogP contribution in [0.2, 0.25) is 0 Å². The normalized spacial score (nSPS) is 10.2. The number of rotatable bonds is 6. The Kier molecular flexibility index (Phi) is 5.02. The molecule has 1 aromatic heterocycles. The van der Waals surface area contributed by atoms with Crippen LogP contribution in [-0.4, -0.2) is 36.1 Å². The van der Waals surface area contributed by atoms with Crippen LogP contribution in [0.3, 0.4) is 0 Å². The van der Waals surface area contributed by atoms with Gasteiger partial charge >= 0.3 is 0 Å². The summed E-state index contributed by atoms with van der Waals surface area (Å²) in [5.74, 6) is 2.03. The van der Waals surface area contributed by atoms with Crippen molar-refractivity contribution in [1.82, 2.24) is 9.97 Å². The molecule has 90 valence electrons. The third-order valence-electron chi connectivity index (χ3n) is 2.81. The number of nitrogens with zero attached hydrogens (tertiary/aromatic N) is 4. The molecule has 0 saturated carbocycles. The molecule has 0 aliphatic rings. The van der Waals surface area contributed by atoms with Crippen molar-refractivity contribution >= 4 is 11.6 Å². The maximum atomic E-state index is 4.32. The summed E-state index contributed by atoms with van der Waals surface area (Å²) in [6, 6.07) is 2.07. The van der Waals surface area contributed by atoms with Crippen LogP contribution in [0, 0.1) is 0 Å². The largest absolute Gasteiger partial charge is 0.357 e. The lowest BCUT2D eigenvalue weighted by Crippen LogP contribution is -2.26. The molecule has 1 rings (SSSR count). The molecule has 0 aliphatic carbocycles. The standard InChI is InChI=1S/C12H22N4/c1-5-15(6-2)11-9-12(14-10-13-11)16(7-3)8-4/h9-10H,5-8H2,1-4H3. The van der Waals surface area contributed by atoms with E-state index in [-0.39, 0.29) is 0 Å². The van der Waals surface area contributed by atoms with Gasteiger partial charge in [0, 0.05) is 32.2 Å². The fourth-order valence-corrected chi connectivity index (χ4v) is 1.78. The second-order valence-electron chi connectivity index (χ2n) is 3.58.